The molecule has 0 aromatic carbocycles. The molecular weight excluding hydrogens is 250 g/mol. The Balaban J connectivity index is 1.52. The van der Waals surface area contributed by atoms with Gasteiger partial charge in [0.25, 0.3) is 0 Å². The van der Waals surface area contributed by atoms with Gasteiger partial charge < -0.3 is 14.8 Å². The van der Waals surface area contributed by atoms with Crippen LogP contribution in [0.15, 0.2) is 0 Å². The fourth-order valence-electron chi connectivity index (χ4n) is 4.29. The van der Waals surface area contributed by atoms with Crippen molar-refractivity contribution in [1.82, 2.24) is 5.32 Å². The topological polar surface area (TPSA) is 30.5 Å². The maximum absolute atomic E-state index is 6.14. The van der Waals surface area contributed by atoms with Gasteiger partial charge in [0.05, 0.1) is 5.60 Å². The minimum atomic E-state index is 0.127. The van der Waals surface area contributed by atoms with Gasteiger partial charge in [-0.15, -0.1) is 0 Å². The highest BCUT2D eigenvalue weighted by Crippen LogP contribution is 2.35. The molecule has 1 spiro atoms. The van der Waals surface area contributed by atoms with E-state index >= 15 is 0 Å². The first-order valence-electron chi connectivity index (χ1n) is 8.65. The zero-order valence-electron chi connectivity index (χ0n) is 13.2. The quantitative estimate of drug-likeness (QED) is 0.843. The summed E-state index contributed by atoms with van der Waals surface area (Å²) in [6, 6.07) is 1.40. The summed E-state index contributed by atoms with van der Waals surface area (Å²) in [6.07, 6.45) is 8.65. The monoisotopic (exact) mass is 281 g/mol. The fraction of sp³-hybridized carbons (Fsp3) is 1.00. The highest BCUT2D eigenvalue weighted by Gasteiger charge is 2.39. The fourth-order valence-corrected chi connectivity index (χ4v) is 4.29. The van der Waals surface area contributed by atoms with Crippen LogP contribution in [0.25, 0.3) is 0 Å². The predicted molar refractivity (Wildman–Crippen MR) is 80.9 cm³/mol. The molecule has 3 rings (SSSR count). The lowest BCUT2D eigenvalue weighted by Crippen LogP contribution is -2.52. The summed E-state index contributed by atoms with van der Waals surface area (Å²) >= 11 is 0. The Morgan fingerprint density at radius 2 is 1.70 bits per heavy atom. The van der Waals surface area contributed by atoms with Crippen LogP contribution in [0.1, 0.15) is 58.8 Å². The average molecular weight is 281 g/mol. The van der Waals surface area contributed by atoms with Crippen molar-refractivity contribution >= 4 is 0 Å². The summed E-state index contributed by atoms with van der Waals surface area (Å²) in [6.45, 7) is 7.51. The van der Waals surface area contributed by atoms with E-state index in [4.69, 9.17) is 9.47 Å². The Labute approximate surface area is 123 Å². The summed E-state index contributed by atoms with van der Waals surface area (Å²) < 4.78 is 11.7. The highest BCUT2D eigenvalue weighted by atomic mass is 16.5. The number of ether oxygens (including phenoxy) is 2. The van der Waals surface area contributed by atoms with Crippen molar-refractivity contribution in [3.63, 3.8) is 0 Å². The van der Waals surface area contributed by atoms with Crippen molar-refractivity contribution in [2.75, 3.05) is 19.8 Å². The summed E-state index contributed by atoms with van der Waals surface area (Å²) in [5.41, 5.74) is 0.127. The lowest BCUT2D eigenvalue weighted by atomic mass is 9.78. The van der Waals surface area contributed by atoms with Crippen LogP contribution < -0.4 is 5.32 Å². The van der Waals surface area contributed by atoms with Crippen LogP contribution in [0.2, 0.25) is 0 Å². The normalized spacial score (nSPS) is 41.7. The minimum Gasteiger partial charge on any atom is -0.381 e. The van der Waals surface area contributed by atoms with Crippen LogP contribution in [0.3, 0.4) is 0 Å². The molecule has 1 aliphatic carbocycles. The molecule has 3 fully saturated rings. The minimum absolute atomic E-state index is 0.127. The third-order valence-corrected chi connectivity index (χ3v) is 5.97. The molecule has 2 heterocycles. The standard InChI is InChI=1S/C17H31NO2/c1-13-3-4-15(11-14(13)2)18-16-5-8-20-17(12-16)6-9-19-10-7-17/h13-16,18H,3-12H2,1-2H3. The molecule has 20 heavy (non-hydrogen) atoms. The van der Waals surface area contributed by atoms with Gasteiger partial charge in [0.15, 0.2) is 0 Å². The van der Waals surface area contributed by atoms with E-state index in [0.29, 0.717) is 6.04 Å². The van der Waals surface area contributed by atoms with Crippen molar-refractivity contribution in [3.05, 3.63) is 0 Å². The number of hydrogen-bond donors (Lipinski definition) is 1. The Hall–Kier alpha value is -0.120. The number of hydrogen-bond acceptors (Lipinski definition) is 3. The summed E-state index contributed by atoms with van der Waals surface area (Å²) in [5.74, 6) is 1.78. The Morgan fingerprint density at radius 1 is 0.900 bits per heavy atom. The molecule has 3 heteroatoms. The summed E-state index contributed by atoms with van der Waals surface area (Å²) in [5, 5.41) is 3.96. The Bertz CT molecular complexity index is 309. The Kier molecular flexibility index (Phi) is 4.68. The molecule has 0 radical (unpaired) electrons. The molecule has 1 saturated carbocycles. The number of nitrogens with one attached hydrogen (secondary N) is 1. The molecule has 4 unspecified atom stereocenters. The van der Waals surface area contributed by atoms with Crippen LogP contribution >= 0.6 is 0 Å². The number of rotatable bonds is 2. The average Bonchev–Trinajstić information content (AvgIpc) is 2.44. The van der Waals surface area contributed by atoms with Crippen LogP contribution in [0.4, 0.5) is 0 Å². The predicted octanol–water partition coefficient (Wildman–Crippen LogP) is 3.13. The molecule has 1 N–H and O–H groups in total. The molecule has 0 aromatic rings. The van der Waals surface area contributed by atoms with Gasteiger partial charge in [-0.25, -0.2) is 0 Å². The van der Waals surface area contributed by atoms with Crippen LogP contribution in [-0.4, -0.2) is 37.5 Å². The molecule has 4 atom stereocenters. The molecule has 0 aromatic heterocycles. The largest absolute Gasteiger partial charge is 0.381 e. The molecule has 3 aliphatic rings. The van der Waals surface area contributed by atoms with Crippen LogP contribution in [0.5, 0.6) is 0 Å². The first-order chi connectivity index (χ1) is 9.67. The molecule has 2 saturated heterocycles. The first-order valence-corrected chi connectivity index (χ1v) is 8.65. The molecule has 3 nitrogen and oxygen atoms in total. The van der Waals surface area contributed by atoms with Crippen LogP contribution in [-0.2, 0) is 9.47 Å². The first kappa shape index (κ1) is 14.8. The lowest BCUT2D eigenvalue weighted by molar-refractivity contribution is -0.141. The molecule has 0 amide bonds. The van der Waals surface area contributed by atoms with Crippen molar-refractivity contribution in [1.29, 1.82) is 0 Å². The molecule has 116 valence electrons. The van der Waals surface area contributed by atoms with Gasteiger partial charge in [-0.05, 0) is 56.8 Å². The van der Waals surface area contributed by atoms with Gasteiger partial charge in [0.2, 0.25) is 0 Å². The SMILES string of the molecule is CC1CCC(NC2CCOC3(CCOCC3)C2)CC1C. The smallest absolute Gasteiger partial charge is 0.0741 e. The summed E-state index contributed by atoms with van der Waals surface area (Å²) in [7, 11) is 0. The molecule has 2 aliphatic heterocycles. The Morgan fingerprint density at radius 3 is 2.45 bits per heavy atom. The van der Waals surface area contributed by atoms with Gasteiger partial charge in [-0.2, -0.15) is 0 Å². The van der Waals surface area contributed by atoms with E-state index in [1.807, 2.05) is 0 Å². The molecular formula is C17H31NO2. The lowest BCUT2D eigenvalue weighted by Gasteiger charge is -2.45. The van der Waals surface area contributed by atoms with E-state index in [1.54, 1.807) is 0 Å². The maximum atomic E-state index is 6.14. The van der Waals surface area contributed by atoms with Gasteiger partial charge in [0.1, 0.15) is 0 Å². The zero-order valence-corrected chi connectivity index (χ0v) is 13.2. The summed E-state index contributed by atoms with van der Waals surface area (Å²) in [4.78, 5) is 0. The maximum Gasteiger partial charge on any atom is 0.0741 e. The van der Waals surface area contributed by atoms with Crippen molar-refractivity contribution in [2.45, 2.75) is 76.5 Å². The third kappa shape index (κ3) is 3.37. The van der Waals surface area contributed by atoms with Gasteiger partial charge in [-0.3, -0.25) is 0 Å². The van der Waals surface area contributed by atoms with E-state index in [0.717, 1.165) is 50.5 Å². The van der Waals surface area contributed by atoms with Crippen LogP contribution in [0, 0.1) is 11.8 Å². The van der Waals surface area contributed by atoms with Gasteiger partial charge in [0, 0.05) is 31.9 Å². The van der Waals surface area contributed by atoms with E-state index in [2.05, 4.69) is 19.2 Å². The van der Waals surface area contributed by atoms with E-state index in [9.17, 15) is 0 Å². The van der Waals surface area contributed by atoms with Gasteiger partial charge >= 0.3 is 0 Å². The van der Waals surface area contributed by atoms with Crippen molar-refractivity contribution < 1.29 is 9.47 Å². The zero-order chi connectivity index (χ0) is 14.0. The van der Waals surface area contributed by atoms with Gasteiger partial charge in [-0.1, -0.05) is 13.8 Å². The second kappa shape index (κ2) is 6.33. The van der Waals surface area contributed by atoms with E-state index in [-0.39, 0.29) is 5.60 Å². The van der Waals surface area contributed by atoms with E-state index < -0.39 is 0 Å². The molecule has 0 bridgehead atoms. The van der Waals surface area contributed by atoms with Crippen molar-refractivity contribution in [3.8, 4) is 0 Å². The van der Waals surface area contributed by atoms with Crippen molar-refractivity contribution in [2.24, 2.45) is 11.8 Å². The third-order valence-electron chi connectivity index (χ3n) is 5.97. The van der Waals surface area contributed by atoms with E-state index in [1.165, 1.54) is 32.1 Å². The highest BCUT2D eigenvalue weighted by molar-refractivity contribution is 4.93. The second-order valence-corrected chi connectivity index (χ2v) is 7.46. The second-order valence-electron chi connectivity index (χ2n) is 7.46.